The highest BCUT2D eigenvalue weighted by Gasteiger charge is 2.19. The second-order valence-electron chi connectivity index (χ2n) is 3.76. The van der Waals surface area contributed by atoms with Crippen molar-refractivity contribution in [3.05, 3.63) is 11.9 Å². The summed E-state index contributed by atoms with van der Waals surface area (Å²) in [5, 5.41) is 7.74. The number of rotatable bonds is 9. The Morgan fingerprint density at radius 2 is 2.17 bits per heavy atom. The van der Waals surface area contributed by atoms with Gasteiger partial charge in [-0.1, -0.05) is 5.21 Å². The molecule has 1 unspecified atom stereocenters. The molecule has 104 valence electrons. The molecule has 0 radical (unpaired) electrons. The molecule has 9 heteroatoms. The fourth-order valence-corrected chi connectivity index (χ4v) is 2.07. The van der Waals surface area contributed by atoms with Gasteiger partial charge in [-0.15, -0.1) is 5.10 Å². The summed E-state index contributed by atoms with van der Waals surface area (Å²) in [6.45, 7) is 0.354. The molecule has 1 aromatic heterocycles. The van der Waals surface area contributed by atoms with Crippen LogP contribution in [0.25, 0.3) is 0 Å². The van der Waals surface area contributed by atoms with E-state index in [4.69, 9.17) is 10.3 Å². The number of aromatic nitrogens is 3. The highest BCUT2D eigenvalue weighted by atomic mass is 31.2. The normalized spacial score (nSPS) is 14.6. The molecular formula is C9H19N4O4P. The Labute approximate surface area is 106 Å². The maximum absolute atomic E-state index is 11.2. The quantitative estimate of drug-likeness (QED) is 0.491. The Morgan fingerprint density at radius 3 is 2.78 bits per heavy atom. The van der Waals surface area contributed by atoms with Crippen molar-refractivity contribution in [2.24, 2.45) is 12.8 Å². The monoisotopic (exact) mass is 278 g/mol. The van der Waals surface area contributed by atoms with Crippen molar-refractivity contribution in [1.82, 2.24) is 15.0 Å². The van der Waals surface area contributed by atoms with E-state index in [1.54, 1.807) is 11.7 Å². The number of unbranched alkanes of at least 4 members (excludes halogenated alkanes) is 1. The minimum absolute atomic E-state index is 0.00732. The van der Waals surface area contributed by atoms with E-state index in [0.29, 0.717) is 6.42 Å². The van der Waals surface area contributed by atoms with E-state index in [0.717, 1.165) is 18.5 Å². The third-order valence-electron chi connectivity index (χ3n) is 2.10. The average molecular weight is 278 g/mol. The van der Waals surface area contributed by atoms with Crippen LogP contribution in [0.3, 0.4) is 0 Å². The second-order valence-corrected chi connectivity index (χ2v) is 5.22. The minimum Gasteiger partial charge on any atom is -0.328 e. The molecule has 1 aromatic rings. The van der Waals surface area contributed by atoms with Crippen LogP contribution in [0.2, 0.25) is 0 Å². The number of phosphoric acid groups is 1. The lowest BCUT2D eigenvalue weighted by Crippen LogP contribution is -2.08. The summed E-state index contributed by atoms with van der Waals surface area (Å²) in [5.74, 6) is 0. The molecule has 0 saturated heterocycles. The maximum atomic E-state index is 11.2. The van der Waals surface area contributed by atoms with Crippen LogP contribution >= 0.6 is 7.82 Å². The molecule has 0 spiro atoms. The standard InChI is InChI=1S/C9H19N4O4P/c1-13-8-9(11-12-13)4-2-3-6-16-18(14,15)17-7-5-10/h8H,2-7,10H2,1H3,(H,14,15). The molecule has 0 aliphatic heterocycles. The first kappa shape index (κ1) is 15.3. The summed E-state index contributed by atoms with van der Waals surface area (Å²) in [6.07, 6.45) is 4.04. The highest BCUT2D eigenvalue weighted by molar-refractivity contribution is 7.47. The lowest BCUT2D eigenvalue weighted by molar-refractivity contribution is 0.150. The van der Waals surface area contributed by atoms with Crippen LogP contribution in [0.4, 0.5) is 0 Å². The SMILES string of the molecule is Cn1cc(CCCCOP(=O)(O)OCCN)nn1. The van der Waals surface area contributed by atoms with Gasteiger partial charge >= 0.3 is 7.82 Å². The number of nitrogens with zero attached hydrogens (tertiary/aromatic N) is 3. The van der Waals surface area contributed by atoms with Crippen molar-refractivity contribution >= 4 is 7.82 Å². The van der Waals surface area contributed by atoms with Gasteiger partial charge in [0.2, 0.25) is 0 Å². The van der Waals surface area contributed by atoms with Gasteiger partial charge in [-0.25, -0.2) is 4.57 Å². The summed E-state index contributed by atoms with van der Waals surface area (Å²) >= 11 is 0. The Kier molecular flexibility index (Phi) is 6.45. The van der Waals surface area contributed by atoms with Crippen LogP contribution in [-0.4, -0.2) is 39.6 Å². The van der Waals surface area contributed by atoms with Crippen LogP contribution in [0.1, 0.15) is 18.5 Å². The number of phosphoric ester groups is 1. The largest absolute Gasteiger partial charge is 0.472 e. The van der Waals surface area contributed by atoms with Crippen molar-refractivity contribution in [2.75, 3.05) is 19.8 Å². The summed E-state index contributed by atoms with van der Waals surface area (Å²) < 4.78 is 22.2. The van der Waals surface area contributed by atoms with Gasteiger partial charge in [-0.05, 0) is 19.3 Å². The van der Waals surface area contributed by atoms with Gasteiger partial charge in [-0.3, -0.25) is 13.7 Å². The number of hydrogen-bond acceptors (Lipinski definition) is 6. The van der Waals surface area contributed by atoms with Crippen molar-refractivity contribution in [3.63, 3.8) is 0 Å². The molecule has 0 saturated carbocycles. The van der Waals surface area contributed by atoms with Gasteiger partial charge in [0.15, 0.2) is 0 Å². The van der Waals surface area contributed by atoms with Gasteiger partial charge in [0, 0.05) is 19.8 Å². The van der Waals surface area contributed by atoms with E-state index < -0.39 is 7.82 Å². The fourth-order valence-electron chi connectivity index (χ4n) is 1.30. The molecule has 0 aliphatic carbocycles. The van der Waals surface area contributed by atoms with Crippen LogP contribution < -0.4 is 5.73 Å². The minimum atomic E-state index is -3.93. The Balaban J connectivity index is 2.09. The van der Waals surface area contributed by atoms with Crippen LogP contribution in [0, 0.1) is 0 Å². The third-order valence-corrected chi connectivity index (χ3v) is 3.12. The zero-order valence-electron chi connectivity index (χ0n) is 10.4. The first-order chi connectivity index (χ1) is 8.53. The van der Waals surface area contributed by atoms with Crippen molar-refractivity contribution in [3.8, 4) is 0 Å². The van der Waals surface area contributed by atoms with E-state index in [-0.39, 0.29) is 19.8 Å². The smallest absolute Gasteiger partial charge is 0.328 e. The maximum Gasteiger partial charge on any atom is 0.472 e. The molecular weight excluding hydrogens is 259 g/mol. The first-order valence-electron chi connectivity index (χ1n) is 5.70. The average Bonchev–Trinajstić information content (AvgIpc) is 2.72. The van der Waals surface area contributed by atoms with E-state index in [1.165, 1.54) is 0 Å². The lowest BCUT2D eigenvalue weighted by Gasteiger charge is -2.10. The number of nitrogens with two attached hydrogens (primary N) is 1. The second kappa shape index (κ2) is 7.60. The van der Waals surface area contributed by atoms with Gasteiger partial charge in [0.1, 0.15) is 0 Å². The van der Waals surface area contributed by atoms with E-state index in [9.17, 15) is 9.46 Å². The molecule has 0 aliphatic rings. The van der Waals surface area contributed by atoms with Crippen LogP contribution in [0.5, 0.6) is 0 Å². The topological polar surface area (TPSA) is 112 Å². The summed E-state index contributed by atoms with van der Waals surface area (Å²) in [6, 6.07) is 0. The summed E-state index contributed by atoms with van der Waals surface area (Å²) in [5.41, 5.74) is 6.04. The number of hydrogen-bond donors (Lipinski definition) is 2. The molecule has 1 heterocycles. The van der Waals surface area contributed by atoms with E-state index in [1.807, 2.05) is 6.20 Å². The van der Waals surface area contributed by atoms with E-state index >= 15 is 0 Å². The lowest BCUT2D eigenvalue weighted by atomic mass is 10.2. The Morgan fingerprint density at radius 1 is 1.44 bits per heavy atom. The van der Waals surface area contributed by atoms with Gasteiger partial charge in [0.05, 0.1) is 18.9 Å². The highest BCUT2D eigenvalue weighted by Crippen LogP contribution is 2.42. The van der Waals surface area contributed by atoms with Gasteiger partial charge in [0.25, 0.3) is 0 Å². The van der Waals surface area contributed by atoms with Crippen molar-refractivity contribution < 1.29 is 18.5 Å². The third kappa shape index (κ3) is 6.23. The Bertz CT molecular complexity index is 398. The molecule has 1 rings (SSSR count). The first-order valence-corrected chi connectivity index (χ1v) is 7.20. The summed E-state index contributed by atoms with van der Waals surface area (Å²) in [7, 11) is -2.13. The molecule has 1 atom stereocenters. The van der Waals surface area contributed by atoms with Gasteiger partial charge in [-0.2, -0.15) is 0 Å². The molecule has 0 bridgehead atoms. The zero-order valence-corrected chi connectivity index (χ0v) is 11.3. The van der Waals surface area contributed by atoms with Crippen LogP contribution in [-0.2, 0) is 27.1 Å². The van der Waals surface area contributed by atoms with Gasteiger partial charge < -0.3 is 10.6 Å². The molecule has 0 aromatic carbocycles. The predicted octanol–water partition coefficient (Wildman–Crippen LogP) is 0.230. The number of aryl methyl sites for hydroxylation is 2. The van der Waals surface area contributed by atoms with E-state index in [2.05, 4.69) is 14.8 Å². The van der Waals surface area contributed by atoms with Crippen molar-refractivity contribution in [2.45, 2.75) is 19.3 Å². The molecule has 0 amide bonds. The molecule has 8 nitrogen and oxygen atoms in total. The van der Waals surface area contributed by atoms with Crippen LogP contribution in [0.15, 0.2) is 6.20 Å². The summed E-state index contributed by atoms with van der Waals surface area (Å²) in [4.78, 5) is 9.20. The molecule has 0 fully saturated rings. The predicted molar refractivity (Wildman–Crippen MR) is 64.7 cm³/mol. The molecule has 3 N–H and O–H groups in total. The van der Waals surface area contributed by atoms with Crippen molar-refractivity contribution in [1.29, 1.82) is 0 Å². The molecule has 18 heavy (non-hydrogen) atoms. The fraction of sp³-hybridized carbons (Fsp3) is 0.778. The zero-order chi connectivity index (χ0) is 13.4. The Hall–Kier alpha value is -0.790.